The molecule has 1 atom stereocenters. The van der Waals surface area contributed by atoms with Crippen LogP contribution in [0.4, 0.5) is 0 Å². The molecule has 2 aliphatic heterocycles. The normalized spacial score (nSPS) is 23.3. The molecule has 1 spiro atoms. The van der Waals surface area contributed by atoms with E-state index in [1.807, 2.05) is 24.5 Å². The standard InChI is InChI=1S/C17H21N3OS2/c1-13-9-22-16(19-13)7-20-11-17(12-20)6-15(10-23-17)21-8-14-2-4-18-5-3-14/h2-5,9,15H,6-8,10-12H2,1H3/t15-/m1/s1. The van der Waals surface area contributed by atoms with Crippen molar-refractivity contribution in [1.29, 1.82) is 0 Å². The molecule has 2 fully saturated rings. The van der Waals surface area contributed by atoms with E-state index in [-0.39, 0.29) is 0 Å². The van der Waals surface area contributed by atoms with E-state index in [0.29, 0.717) is 17.5 Å². The van der Waals surface area contributed by atoms with Crippen molar-refractivity contribution in [2.45, 2.75) is 37.3 Å². The van der Waals surface area contributed by atoms with Crippen molar-refractivity contribution in [1.82, 2.24) is 14.9 Å². The summed E-state index contributed by atoms with van der Waals surface area (Å²) in [5, 5.41) is 3.38. The highest BCUT2D eigenvalue weighted by Gasteiger charge is 2.49. The zero-order chi connectivity index (χ0) is 15.7. The molecule has 6 heteroatoms. The fourth-order valence-corrected chi connectivity index (χ4v) is 5.79. The van der Waals surface area contributed by atoms with Crippen LogP contribution in [0.15, 0.2) is 29.9 Å². The Morgan fingerprint density at radius 1 is 1.35 bits per heavy atom. The van der Waals surface area contributed by atoms with Crippen LogP contribution in [-0.4, -0.2) is 44.6 Å². The van der Waals surface area contributed by atoms with Crippen LogP contribution in [0.5, 0.6) is 0 Å². The maximum atomic E-state index is 6.10. The Hall–Kier alpha value is -0.950. The maximum absolute atomic E-state index is 6.10. The van der Waals surface area contributed by atoms with Crippen molar-refractivity contribution in [3.63, 3.8) is 0 Å². The highest BCUT2D eigenvalue weighted by Crippen LogP contribution is 2.46. The Morgan fingerprint density at radius 3 is 2.91 bits per heavy atom. The van der Waals surface area contributed by atoms with Gasteiger partial charge in [-0.2, -0.15) is 0 Å². The summed E-state index contributed by atoms with van der Waals surface area (Å²) in [5.41, 5.74) is 2.35. The quantitative estimate of drug-likeness (QED) is 0.831. The molecule has 0 saturated carbocycles. The molecule has 4 rings (SSSR count). The van der Waals surface area contributed by atoms with Gasteiger partial charge in [-0.1, -0.05) is 0 Å². The number of hydrogen-bond acceptors (Lipinski definition) is 6. The summed E-state index contributed by atoms with van der Waals surface area (Å²) in [6, 6.07) is 4.05. The number of nitrogens with zero attached hydrogens (tertiary/aromatic N) is 3. The number of aromatic nitrogens is 2. The molecule has 0 amide bonds. The minimum atomic E-state index is 0.387. The molecule has 0 N–H and O–H groups in total. The summed E-state index contributed by atoms with van der Waals surface area (Å²) in [6.45, 7) is 6.11. The van der Waals surface area contributed by atoms with Crippen molar-refractivity contribution < 1.29 is 4.74 Å². The van der Waals surface area contributed by atoms with Crippen molar-refractivity contribution in [2.24, 2.45) is 0 Å². The zero-order valence-electron chi connectivity index (χ0n) is 13.3. The van der Waals surface area contributed by atoms with Gasteiger partial charge in [0.25, 0.3) is 0 Å². The second-order valence-electron chi connectivity index (χ2n) is 6.51. The Labute approximate surface area is 145 Å². The molecule has 4 nitrogen and oxygen atoms in total. The lowest BCUT2D eigenvalue weighted by atomic mass is 9.93. The van der Waals surface area contributed by atoms with Crippen molar-refractivity contribution in [3.8, 4) is 0 Å². The van der Waals surface area contributed by atoms with Gasteiger partial charge in [0.1, 0.15) is 5.01 Å². The number of aryl methyl sites for hydroxylation is 1. The van der Waals surface area contributed by atoms with E-state index in [1.165, 1.54) is 30.1 Å². The first-order valence-corrected chi connectivity index (χ1v) is 9.85. The predicted octanol–water partition coefficient (Wildman–Crippen LogP) is 3.12. The molecule has 0 aliphatic carbocycles. The van der Waals surface area contributed by atoms with E-state index >= 15 is 0 Å². The molecule has 4 heterocycles. The van der Waals surface area contributed by atoms with Gasteiger partial charge in [0.05, 0.1) is 19.3 Å². The highest BCUT2D eigenvalue weighted by atomic mass is 32.2. The average molecular weight is 348 g/mol. The van der Waals surface area contributed by atoms with Gasteiger partial charge in [-0.3, -0.25) is 9.88 Å². The molecule has 2 aromatic heterocycles. The van der Waals surface area contributed by atoms with E-state index in [1.54, 1.807) is 11.3 Å². The summed E-state index contributed by atoms with van der Waals surface area (Å²) in [7, 11) is 0. The number of rotatable bonds is 5. The Morgan fingerprint density at radius 2 is 2.17 bits per heavy atom. The molecule has 2 saturated heterocycles. The third-order valence-electron chi connectivity index (χ3n) is 4.46. The van der Waals surface area contributed by atoms with Crippen LogP contribution in [0, 0.1) is 6.92 Å². The number of ether oxygens (including phenoxy) is 1. The van der Waals surface area contributed by atoms with Gasteiger partial charge in [0.2, 0.25) is 0 Å². The van der Waals surface area contributed by atoms with Crippen LogP contribution in [0.25, 0.3) is 0 Å². The summed E-state index contributed by atoms with van der Waals surface area (Å²) < 4.78 is 6.53. The Balaban J connectivity index is 1.23. The molecule has 2 aromatic rings. The number of likely N-dealkylation sites (tertiary alicyclic amines) is 1. The zero-order valence-corrected chi connectivity index (χ0v) is 14.9. The maximum Gasteiger partial charge on any atom is 0.107 e. The second-order valence-corrected chi connectivity index (χ2v) is 8.95. The number of pyridine rings is 1. The first-order chi connectivity index (χ1) is 11.2. The molecule has 0 bridgehead atoms. The lowest BCUT2D eigenvalue weighted by Crippen LogP contribution is -2.58. The summed E-state index contributed by atoms with van der Waals surface area (Å²) in [4.78, 5) is 11.1. The third-order valence-corrected chi connectivity index (χ3v) is 6.99. The van der Waals surface area contributed by atoms with Crippen molar-refractivity contribution >= 4 is 23.1 Å². The minimum absolute atomic E-state index is 0.387. The lowest BCUT2D eigenvalue weighted by molar-refractivity contribution is 0.0264. The first kappa shape index (κ1) is 15.6. The van der Waals surface area contributed by atoms with E-state index in [9.17, 15) is 0 Å². The molecular formula is C17H21N3OS2. The largest absolute Gasteiger partial charge is 0.373 e. The van der Waals surface area contributed by atoms with Crippen LogP contribution in [0.2, 0.25) is 0 Å². The average Bonchev–Trinajstić information content (AvgIpc) is 3.13. The van der Waals surface area contributed by atoms with Gasteiger partial charge in [-0.25, -0.2) is 4.98 Å². The monoisotopic (exact) mass is 347 g/mol. The van der Waals surface area contributed by atoms with E-state index in [0.717, 1.165) is 18.0 Å². The van der Waals surface area contributed by atoms with E-state index < -0.39 is 0 Å². The molecular weight excluding hydrogens is 326 g/mol. The van der Waals surface area contributed by atoms with Gasteiger partial charge >= 0.3 is 0 Å². The van der Waals surface area contributed by atoms with Crippen LogP contribution in [0.3, 0.4) is 0 Å². The molecule has 0 radical (unpaired) electrons. The van der Waals surface area contributed by atoms with Crippen LogP contribution < -0.4 is 0 Å². The van der Waals surface area contributed by atoms with Gasteiger partial charge < -0.3 is 4.74 Å². The van der Waals surface area contributed by atoms with E-state index in [2.05, 4.69) is 38.9 Å². The number of thiazole rings is 1. The lowest BCUT2D eigenvalue weighted by Gasteiger charge is -2.47. The fraction of sp³-hybridized carbons (Fsp3) is 0.529. The van der Waals surface area contributed by atoms with E-state index in [4.69, 9.17) is 4.74 Å². The minimum Gasteiger partial charge on any atom is -0.373 e. The summed E-state index contributed by atoms with van der Waals surface area (Å²) in [5.74, 6) is 1.12. The number of hydrogen-bond donors (Lipinski definition) is 0. The SMILES string of the molecule is Cc1csc(CN2CC3(C[C@@H](OCc4ccncc4)CS3)C2)n1. The molecule has 2 aliphatic rings. The van der Waals surface area contributed by atoms with Gasteiger partial charge in [0.15, 0.2) is 0 Å². The van der Waals surface area contributed by atoms with Crippen LogP contribution in [0.1, 0.15) is 22.7 Å². The highest BCUT2D eigenvalue weighted by molar-refractivity contribution is 8.01. The topological polar surface area (TPSA) is 38.2 Å². The van der Waals surface area contributed by atoms with Gasteiger partial charge in [-0.15, -0.1) is 23.1 Å². The Bertz CT molecular complexity index is 655. The predicted molar refractivity (Wildman–Crippen MR) is 94.7 cm³/mol. The van der Waals surface area contributed by atoms with Crippen molar-refractivity contribution in [2.75, 3.05) is 18.8 Å². The second kappa shape index (κ2) is 6.51. The van der Waals surface area contributed by atoms with Crippen LogP contribution in [-0.2, 0) is 17.9 Å². The fourth-order valence-electron chi connectivity index (χ4n) is 3.37. The third kappa shape index (κ3) is 3.60. The smallest absolute Gasteiger partial charge is 0.107 e. The molecule has 0 unspecified atom stereocenters. The van der Waals surface area contributed by atoms with Crippen molar-refractivity contribution in [3.05, 3.63) is 46.2 Å². The molecule has 122 valence electrons. The summed E-state index contributed by atoms with van der Waals surface area (Å²) >= 11 is 3.87. The van der Waals surface area contributed by atoms with Crippen LogP contribution >= 0.6 is 23.1 Å². The molecule has 23 heavy (non-hydrogen) atoms. The van der Waals surface area contributed by atoms with Gasteiger partial charge in [-0.05, 0) is 31.0 Å². The first-order valence-electron chi connectivity index (χ1n) is 7.99. The Kier molecular flexibility index (Phi) is 4.41. The summed E-state index contributed by atoms with van der Waals surface area (Å²) in [6.07, 6.45) is 5.22. The number of thioether (sulfide) groups is 1. The van der Waals surface area contributed by atoms with Gasteiger partial charge in [0, 0.05) is 47.1 Å². The molecule has 0 aromatic carbocycles.